The largest absolute Gasteiger partial charge is 0.584 e. The van der Waals surface area contributed by atoms with E-state index in [2.05, 4.69) is 0 Å². The normalized spacial score (nSPS) is 13.9. The van der Waals surface area contributed by atoms with Gasteiger partial charge in [-0.1, -0.05) is 36.4 Å². The van der Waals surface area contributed by atoms with E-state index in [1.54, 1.807) is 12.1 Å². The lowest BCUT2D eigenvalue weighted by Gasteiger charge is -2.16. The number of phosphoric acid groups is 1. The summed E-state index contributed by atoms with van der Waals surface area (Å²) in [5.41, 5.74) is 2.94. The van der Waals surface area contributed by atoms with Crippen molar-refractivity contribution < 1.29 is 28.0 Å². The predicted octanol–water partition coefficient (Wildman–Crippen LogP) is 5.43. The van der Waals surface area contributed by atoms with Crippen molar-refractivity contribution in [2.24, 2.45) is 0 Å². The first-order valence-corrected chi connectivity index (χ1v) is 10.8. The Morgan fingerprint density at radius 3 is 2.00 bits per heavy atom. The number of aryl methyl sites for hydroxylation is 2. The number of ketones is 1. The van der Waals surface area contributed by atoms with Crippen LogP contribution in [0.4, 0.5) is 0 Å². The van der Waals surface area contributed by atoms with E-state index < -0.39 is 13.9 Å². The number of benzene rings is 3. The van der Waals surface area contributed by atoms with Crippen LogP contribution in [-0.2, 0) is 9.30 Å². The Kier molecular flexibility index (Phi) is 6.73. The molecule has 0 bridgehead atoms. The van der Waals surface area contributed by atoms with Crippen molar-refractivity contribution in [1.82, 2.24) is 0 Å². The molecule has 0 aliphatic carbocycles. The van der Waals surface area contributed by atoms with Crippen LogP contribution in [0.1, 0.15) is 33.2 Å². The molecule has 1 N–H and O–H groups in total. The molecule has 3 aromatic rings. The maximum Gasteiger partial charge on any atom is 0.584 e. The molecule has 30 heavy (non-hydrogen) atoms. The molecule has 3 aromatic carbocycles. The van der Waals surface area contributed by atoms with Crippen molar-refractivity contribution >= 4 is 13.6 Å². The molecule has 0 saturated carbocycles. The highest BCUT2D eigenvalue weighted by Crippen LogP contribution is 2.44. The number of rotatable bonds is 8. The van der Waals surface area contributed by atoms with Crippen molar-refractivity contribution in [3.05, 3.63) is 95.1 Å². The van der Waals surface area contributed by atoms with Crippen LogP contribution in [0.25, 0.3) is 0 Å². The molecule has 0 spiro atoms. The molecule has 0 aliphatic rings. The van der Waals surface area contributed by atoms with E-state index in [1.807, 2.05) is 50.2 Å². The number of carbonyl (C=O) groups is 1. The molecule has 6 nitrogen and oxygen atoms in total. The van der Waals surface area contributed by atoms with E-state index >= 15 is 0 Å². The topological polar surface area (TPSA) is 82.1 Å². The summed E-state index contributed by atoms with van der Waals surface area (Å²) in [5.74, 6) is 0.125. The quantitative estimate of drug-likeness (QED) is 0.382. The van der Waals surface area contributed by atoms with E-state index in [0.717, 1.165) is 16.7 Å². The fourth-order valence-corrected chi connectivity index (χ4v) is 3.92. The van der Waals surface area contributed by atoms with Crippen LogP contribution >= 0.6 is 7.82 Å². The Hall–Kier alpha value is -2.92. The van der Waals surface area contributed by atoms with Crippen molar-refractivity contribution in [3.8, 4) is 11.5 Å². The SMILES string of the molecule is COC(C(=O)c1ccc(OP(=O)(O)Oc2cc(C)cc(C)c2)cc1)c1ccccc1. The van der Waals surface area contributed by atoms with E-state index in [0.29, 0.717) is 5.56 Å². The van der Waals surface area contributed by atoms with Crippen LogP contribution in [0.2, 0.25) is 0 Å². The van der Waals surface area contributed by atoms with Crippen LogP contribution in [0, 0.1) is 13.8 Å². The molecule has 0 aromatic heterocycles. The molecule has 0 heterocycles. The van der Waals surface area contributed by atoms with Gasteiger partial charge in [0.2, 0.25) is 0 Å². The fraction of sp³-hybridized carbons (Fsp3) is 0.174. The van der Waals surface area contributed by atoms with Crippen molar-refractivity contribution in [2.75, 3.05) is 7.11 Å². The average molecular weight is 426 g/mol. The van der Waals surface area contributed by atoms with Gasteiger partial charge in [-0.05, 0) is 66.9 Å². The molecular weight excluding hydrogens is 403 g/mol. The molecule has 2 unspecified atom stereocenters. The van der Waals surface area contributed by atoms with E-state index in [4.69, 9.17) is 13.8 Å². The van der Waals surface area contributed by atoms with Crippen LogP contribution in [0.5, 0.6) is 11.5 Å². The molecule has 0 saturated heterocycles. The summed E-state index contributed by atoms with van der Waals surface area (Å²) >= 11 is 0. The molecule has 3 rings (SSSR count). The standard InChI is InChI=1S/C23H23O6P/c1-16-13-17(2)15-21(14-16)29-30(25,26)28-20-11-9-18(10-12-20)22(24)23(27-3)19-7-5-4-6-8-19/h4-15,23H,1-3H3,(H,25,26). The lowest BCUT2D eigenvalue weighted by Crippen LogP contribution is -2.14. The summed E-state index contributed by atoms with van der Waals surface area (Å²) in [4.78, 5) is 22.9. The molecule has 0 amide bonds. The minimum Gasteiger partial charge on any atom is -0.395 e. The van der Waals surface area contributed by atoms with Crippen LogP contribution in [0.3, 0.4) is 0 Å². The molecule has 2 atom stereocenters. The van der Waals surface area contributed by atoms with E-state index in [-0.39, 0.29) is 17.3 Å². The number of methoxy groups -OCH3 is 1. The zero-order valence-corrected chi connectivity index (χ0v) is 17.8. The summed E-state index contributed by atoms with van der Waals surface area (Å²) in [6.07, 6.45) is -0.741. The smallest absolute Gasteiger partial charge is 0.395 e. The Morgan fingerprint density at radius 1 is 0.867 bits per heavy atom. The number of phosphoric ester groups is 1. The van der Waals surface area contributed by atoms with Gasteiger partial charge in [0.15, 0.2) is 5.78 Å². The average Bonchev–Trinajstić information content (AvgIpc) is 2.68. The first-order chi connectivity index (χ1) is 14.3. The molecular formula is C23H23O6P. The molecule has 0 aliphatic heterocycles. The summed E-state index contributed by atoms with van der Waals surface area (Å²) < 4.78 is 28.0. The third kappa shape index (κ3) is 5.57. The first-order valence-electron chi connectivity index (χ1n) is 9.30. The Bertz CT molecular complexity index is 1040. The molecule has 7 heteroatoms. The van der Waals surface area contributed by atoms with Crippen molar-refractivity contribution in [2.45, 2.75) is 20.0 Å². The second-order valence-corrected chi connectivity index (χ2v) is 8.19. The monoisotopic (exact) mass is 426 g/mol. The number of carbonyl (C=O) groups excluding carboxylic acids is 1. The van der Waals surface area contributed by atoms with Gasteiger partial charge in [0, 0.05) is 12.7 Å². The van der Waals surface area contributed by atoms with Gasteiger partial charge in [-0.25, -0.2) is 4.57 Å². The van der Waals surface area contributed by atoms with Gasteiger partial charge in [-0.3, -0.25) is 9.69 Å². The number of Topliss-reactive ketones (excluding diaryl/α,β-unsaturated/α-hetero) is 1. The third-order valence-electron chi connectivity index (χ3n) is 4.35. The summed E-state index contributed by atoms with van der Waals surface area (Å²) in [5, 5.41) is 0. The number of ether oxygens (including phenoxy) is 1. The van der Waals surface area contributed by atoms with Crippen LogP contribution in [0.15, 0.2) is 72.8 Å². The first kappa shape index (κ1) is 21.8. The van der Waals surface area contributed by atoms with Crippen molar-refractivity contribution in [1.29, 1.82) is 0 Å². The Balaban J connectivity index is 1.71. The second-order valence-electron chi connectivity index (χ2n) is 6.89. The zero-order chi connectivity index (χ0) is 21.7. The zero-order valence-electron chi connectivity index (χ0n) is 16.9. The lowest BCUT2D eigenvalue weighted by atomic mass is 10.00. The van der Waals surface area contributed by atoms with E-state index in [9.17, 15) is 14.3 Å². The van der Waals surface area contributed by atoms with Gasteiger partial charge >= 0.3 is 7.82 Å². The molecule has 0 radical (unpaired) electrons. The summed E-state index contributed by atoms with van der Waals surface area (Å²) in [6.45, 7) is 3.73. The summed E-state index contributed by atoms with van der Waals surface area (Å²) in [7, 11) is -2.93. The highest BCUT2D eigenvalue weighted by molar-refractivity contribution is 7.48. The minimum absolute atomic E-state index is 0.107. The number of hydrogen-bond donors (Lipinski definition) is 1. The van der Waals surface area contributed by atoms with Crippen LogP contribution < -0.4 is 9.05 Å². The number of hydrogen-bond acceptors (Lipinski definition) is 5. The van der Waals surface area contributed by atoms with E-state index in [1.165, 1.54) is 31.4 Å². The maximum absolute atomic E-state index is 12.8. The second kappa shape index (κ2) is 9.26. The Labute approximate surface area is 175 Å². The third-order valence-corrected chi connectivity index (χ3v) is 5.23. The fourth-order valence-electron chi connectivity index (χ4n) is 3.12. The van der Waals surface area contributed by atoms with Crippen LogP contribution in [-0.4, -0.2) is 17.8 Å². The summed E-state index contributed by atoms with van der Waals surface area (Å²) in [6, 6.07) is 20.3. The van der Waals surface area contributed by atoms with Gasteiger partial charge in [-0.2, -0.15) is 0 Å². The molecule has 0 fully saturated rings. The highest BCUT2D eigenvalue weighted by atomic mass is 31.2. The predicted molar refractivity (Wildman–Crippen MR) is 114 cm³/mol. The van der Waals surface area contributed by atoms with Gasteiger partial charge in [0.05, 0.1) is 0 Å². The Morgan fingerprint density at radius 2 is 1.43 bits per heavy atom. The van der Waals surface area contributed by atoms with Gasteiger partial charge in [-0.15, -0.1) is 0 Å². The van der Waals surface area contributed by atoms with Gasteiger partial charge in [0.25, 0.3) is 0 Å². The maximum atomic E-state index is 12.8. The van der Waals surface area contributed by atoms with Crippen molar-refractivity contribution in [3.63, 3.8) is 0 Å². The van der Waals surface area contributed by atoms with Gasteiger partial charge < -0.3 is 13.8 Å². The highest BCUT2D eigenvalue weighted by Gasteiger charge is 2.26. The lowest BCUT2D eigenvalue weighted by molar-refractivity contribution is 0.0604. The minimum atomic E-state index is -4.40. The molecule has 156 valence electrons. The van der Waals surface area contributed by atoms with Gasteiger partial charge in [0.1, 0.15) is 17.6 Å².